The van der Waals surface area contributed by atoms with Crippen LogP contribution in [0.2, 0.25) is 5.02 Å². The van der Waals surface area contributed by atoms with E-state index in [2.05, 4.69) is 5.32 Å². The highest BCUT2D eigenvalue weighted by Gasteiger charge is 2.24. The third kappa shape index (κ3) is 3.93. The molecule has 0 aliphatic carbocycles. The second-order valence-corrected chi connectivity index (χ2v) is 5.70. The molecule has 0 unspecified atom stereocenters. The van der Waals surface area contributed by atoms with Crippen LogP contribution < -0.4 is 5.32 Å². The summed E-state index contributed by atoms with van der Waals surface area (Å²) in [4.78, 5) is 24.3. The Balaban J connectivity index is 2.04. The zero-order chi connectivity index (χ0) is 17.1. The van der Waals surface area contributed by atoms with E-state index in [1.54, 1.807) is 45.0 Å². The van der Waals surface area contributed by atoms with Crippen molar-refractivity contribution in [3.05, 3.63) is 51.9 Å². The van der Waals surface area contributed by atoms with Crippen molar-refractivity contribution >= 4 is 29.2 Å². The molecule has 1 aromatic heterocycles. The van der Waals surface area contributed by atoms with Gasteiger partial charge in [-0.05, 0) is 45.9 Å². The predicted octanol–water partition coefficient (Wildman–Crippen LogP) is 4.04. The van der Waals surface area contributed by atoms with Gasteiger partial charge in [0.05, 0.1) is 0 Å². The van der Waals surface area contributed by atoms with E-state index in [-0.39, 0.29) is 0 Å². The molecule has 0 aliphatic heterocycles. The van der Waals surface area contributed by atoms with Crippen LogP contribution in [0.15, 0.2) is 28.7 Å². The van der Waals surface area contributed by atoms with Crippen LogP contribution in [0.4, 0.5) is 5.69 Å². The average Bonchev–Trinajstić information content (AvgIpc) is 2.71. The Hall–Kier alpha value is -2.27. The van der Waals surface area contributed by atoms with Crippen LogP contribution in [0.25, 0.3) is 0 Å². The molecule has 23 heavy (non-hydrogen) atoms. The number of ether oxygens (including phenoxy) is 1. The minimum Gasteiger partial charge on any atom is -0.465 e. The van der Waals surface area contributed by atoms with Crippen molar-refractivity contribution in [1.29, 1.82) is 0 Å². The number of hydrogen-bond donors (Lipinski definition) is 1. The fourth-order valence-electron chi connectivity index (χ4n) is 2.18. The van der Waals surface area contributed by atoms with E-state index in [1.165, 1.54) is 6.92 Å². The van der Waals surface area contributed by atoms with Crippen LogP contribution >= 0.6 is 11.6 Å². The SMILES string of the molecule is Cc1oc(C)c(C(=O)O[C@@H](C)C(=O)Nc2cccc(Cl)c2)c1C. The number of carbonyl (C=O) groups is 2. The Morgan fingerprint density at radius 2 is 1.91 bits per heavy atom. The predicted molar refractivity (Wildman–Crippen MR) is 87.9 cm³/mol. The van der Waals surface area contributed by atoms with E-state index in [1.807, 2.05) is 0 Å². The van der Waals surface area contributed by atoms with Crippen LogP contribution in [0.3, 0.4) is 0 Å². The fraction of sp³-hybridized carbons (Fsp3) is 0.294. The largest absolute Gasteiger partial charge is 0.465 e. The maximum absolute atomic E-state index is 12.2. The smallest absolute Gasteiger partial charge is 0.342 e. The monoisotopic (exact) mass is 335 g/mol. The van der Waals surface area contributed by atoms with E-state index in [0.717, 1.165) is 5.56 Å². The van der Waals surface area contributed by atoms with Gasteiger partial charge in [0.2, 0.25) is 0 Å². The van der Waals surface area contributed by atoms with Crippen LogP contribution in [-0.4, -0.2) is 18.0 Å². The molecule has 0 aliphatic rings. The molecule has 0 fully saturated rings. The molecule has 2 rings (SSSR count). The number of furan rings is 1. The molecular formula is C17H18ClNO4. The lowest BCUT2D eigenvalue weighted by Gasteiger charge is -2.13. The third-order valence-electron chi connectivity index (χ3n) is 3.51. The molecule has 1 atom stereocenters. The van der Waals surface area contributed by atoms with Gasteiger partial charge in [0.25, 0.3) is 5.91 Å². The van der Waals surface area contributed by atoms with E-state index < -0.39 is 18.0 Å². The first-order chi connectivity index (χ1) is 10.8. The van der Waals surface area contributed by atoms with Crippen molar-refractivity contribution in [3.63, 3.8) is 0 Å². The van der Waals surface area contributed by atoms with Gasteiger partial charge in [-0.25, -0.2) is 4.79 Å². The van der Waals surface area contributed by atoms with E-state index in [0.29, 0.717) is 27.8 Å². The second-order valence-electron chi connectivity index (χ2n) is 5.26. The Morgan fingerprint density at radius 3 is 2.48 bits per heavy atom. The fourth-order valence-corrected chi connectivity index (χ4v) is 2.37. The molecule has 1 amide bonds. The Labute approximate surface area is 139 Å². The highest BCUT2D eigenvalue weighted by atomic mass is 35.5. The van der Waals surface area contributed by atoms with Crippen molar-refractivity contribution in [2.24, 2.45) is 0 Å². The molecule has 5 nitrogen and oxygen atoms in total. The number of anilines is 1. The summed E-state index contributed by atoms with van der Waals surface area (Å²) >= 11 is 5.86. The summed E-state index contributed by atoms with van der Waals surface area (Å²) in [6.45, 7) is 6.75. The molecule has 122 valence electrons. The maximum atomic E-state index is 12.2. The van der Waals surface area contributed by atoms with Crippen LogP contribution in [0, 0.1) is 20.8 Å². The third-order valence-corrected chi connectivity index (χ3v) is 3.75. The van der Waals surface area contributed by atoms with Crippen molar-refractivity contribution in [2.75, 3.05) is 5.32 Å². The molecule has 0 radical (unpaired) electrons. The number of hydrogen-bond acceptors (Lipinski definition) is 4. The second kappa shape index (κ2) is 6.87. The van der Waals surface area contributed by atoms with Crippen LogP contribution in [-0.2, 0) is 9.53 Å². The number of amides is 1. The molecule has 2 aromatic rings. The normalized spacial score (nSPS) is 11.9. The van der Waals surface area contributed by atoms with E-state index in [9.17, 15) is 9.59 Å². The van der Waals surface area contributed by atoms with Gasteiger partial charge in [0.15, 0.2) is 6.10 Å². The molecule has 0 bridgehead atoms. The lowest BCUT2D eigenvalue weighted by Crippen LogP contribution is -2.30. The Morgan fingerprint density at radius 1 is 1.22 bits per heavy atom. The Kier molecular flexibility index (Phi) is 5.11. The zero-order valence-electron chi connectivity index (χ0n) is 13.4. The summed E-state index contributed by atoms with van der Waals surface area (Å²) in [7, 11) is 0. The highest BCUT2D eigenvalue weighted by molar-refractivity contribution is 6.30. The number of halogens is 1. The van der Waals surface area contributed by atoms with Gasteiger partial charge in [0, 0.05) is 16.3 Å². The first-order valence-electron chi connectivity index (χ1n) is 7.13. The van der Waals surface area contributed by atoms with Crippen molar-refractivity contribution in [2.45, 2.75) is 33.8 Å². The maximum Gasteiger partial charge on any atom is 0.342 e. The van der Waals surface area contributed by atoms with Crippen molar-refractivity contribution in [1.82, 2.24) is 0 Å². The quantitative estimate of drug-likeness (QED) is 0.856. The van der Waals surface area contributed by atoms with Gasteiger partial charge < -0.3 is 14.5 Å². The van der Waals surface area contributed by atoms with Gasteiger partial charge in [-0.2, -0.15) is 0 Å². The van der Waals surface area contributed by atoms with Gasteiger partial charge in [-0.15, -0.1) is 0 Å². The minimum absolute atomic E-state index is 0.366. The van der Waals surface area contributed by atoms with Gasteiger partial charge >= 0.3 is 5.97 Å². The average molecular weight is 336 g/mol. The number of esters is 1. The molecule has 0 saturated heterocycles. The van der Waals surface area contributed by atoms with Gasteiger partial charge in [-0.1, -0.05) is 17.7 Å². The summed E-state index contributed by atoms with van der Waals surface area (Å²) in [5.74, 6) is 0.125. The lowest BCUT2D eigenvalue weighted by molar-refractivity contribution is -0.123. The molecular weight excluding hydrogens is 318 g/mol. The molecule has 1 heterocycles. The molecule has 6 heteroatoms. The first-order valence-corrected chi connectivity index (χ1v) is 7.51. The van der Waals surface area contributed by atoms with Crippen molar-refractivity contribution < 1.29 is 18.7 Å². The van der Waals surface area contributed by atoms with Crippen molar-refractivity contribution in [3.8, 4) is 0 Å². The van der Waals surface area contributed by atoms with Gasteiger partial charge in [-0.3, -0.25) is 4.79 Å². The summed E-state index contributed by atoms with van der Waals surface area (Å²) in [5.41, 5.74) is 1.62. The summed E-state index contributed by atoms with van der Waals surface area (Å²) in [5, 5.41) is 3.16. The lowest BCUT2D eigenvalue weighted by atomic mass is 10.1. The molecule has 0 saturated carbocycles. The Bertz CT molecular complexity index is 751. The van der Waals surface area contributed by atoms with E-state index >= 15 is 0 Å². The van der Waals surface area contributed by atoms with Crippen LogP contribution in [0.5, 0.6) is 0 Å². The van der Waals surface area contributed by atoms with Gasteiger partial charge in [0.1, 0.15) is 17.1 Å². The molecule has 1 aromatic carbocycles. The zero-order valence-corrected chi connectivity index (χ0v) is 14.2. The number of benzene rings is 1. The minimum atomic E-state index is -0.949. The number of rotatable bonds is 4. The van der Waals surface area contributed by atoms with E-state index in [4.69, 9.17) is 20.8 Å². The molecule has 1 N–H and O–H groups in total. The standard InChI is InChI=1S/C17H18ClNO4/c1-9-10(2)22-11(3)15(9)17(21)23-12(4)16(20)19-14-7-5-6-13(18)8-14/h5-8,12H,1-4H3,(H,19,20)/t12-/m0/s1. The molecule has 0 spiro atoms. The highest BCUT2D eigenvalue weighted by Crippen LogP contribution is 2.22. The summed E-state index contributed by atoms with van der Waals surface area (Å²) in [6, 6.07) is 6.73. The first kappa shape index (κ1) is 17.1. The van der Waals surface area contributed by atoms with Crippen LogP contribution in [0.1, 0.15) is 34.4 Å². The number of nitrogens with one attached hydrogen (secondary N) is 1. The summed E-state index contributed by atoms with van der Waals surface area (Å²) < 4.78 is 10.6. The summed E-state index contributed by atoms with van der Waals surface area (Å²) in [6.07, 6.45) is -0.949. The number of carbonyl (C=O) groups excluding carboxylic acids is 2. The topological polar surface area (TPSA) is 68.5 Å². The number of aryl methyl sites for hydroxylation is 2.